The second-order valence-corrected chi connectivity index (χ2v) is 7.65. The molecule has 3 saturated heterocycles. The van der Waals surface area contributed by atoms with E-state index < -0.39 is 0 Å². The number of rotatable bonds is 2. The molecule has 3 unspecified atom stereocenters. The smallest absolute Gasteiger partial charge is 0.136 e. The van der Waals surface area contributed by atoms with Crippen molar-refractivity contribution in [2.45, 2.75) is 43.0 Å². The van der Waals surface area contributed by atoms with Crippen LogP contribution in [-0.2, 0) is 4.79 Å². The van der Waals surface area contributed by atoms with Crippen molar-refractivity contribution in [2.24, 2.45) is 0 Å². The number of hydrogen-bond donors (Lipinski definition) is 0. The normalized spacial score (nSPS) is 40.2. The molecule has 0 amide bonds. The van der Waals surface area contributed by atoms with E-state index in [1.165, 1.54) is 36.6 Å². The zero-order valence-electron chi connectivity index (χ0n) is 9.56. The molecule has 0 aromatic rings. The molecule has 3 fully saturated rings. The van der Waals surface area contributed by atoms with E-state index in [4.69, 9.17) is 0 Å². The molecule has 0 spiro atoms. The Morgan fingerprint density at radius 1 is 1.19 bits per heavy atom. The number of Topliss-reactive ketones (excluding diaryl/α,β-unsaturated/α-hetero) is 1. The lowest BCUT2D eigenvalue weighted by Crippen LogP contribution is -2.46. The van der Waals surface area contributed by atoms with Crippen molar-refractivity contribution in [3.63, 3.8) is 0 Å². The molecule has 0 aromatic heterocycles. The Kier molecular flexibility index (Phi) is 3.50. The highest BCUT2D eigenvalue weighted by molar-refractivity contribution is 8.06. The Hall–Kier alpha value is 0.330. The van der Waals surface area contributed by atoms with Gasteiger partial charge < -0.3 is 0 Å². The number of hydrogen-bond acceptors (Lipinski definition) is 4. The quantitative estimate of drug-likeness (QED) is 0.754. The SMILES string of the molecule is O=C1CC2CCC(C1)N2CC1CSCCS1. The minimum absolute atomic E-state index is 0.509. The molecule has 0 aliphatic carbocycles. The summed E-state index contributed by atoms with van der Waals surface area (Å²) in [6, 6.07) is 1.19. The average molecular weight is 257 g/mol. The first-order valence-corrected chi connectivity index (χ1v) is 8.50. The van der Waals surface area contributed by atoms with Crippen LogP contribution in [0.25, 0.3) is 0 Å². The molecule has 3 aliphatic rings. The molecule has 3 atom stereocenters. The number of nitrogens with zero attached hydrogens (tertiary/aromatic N) is 1. The van der Waals surface area contributed by atoms with Crippen LogP contribution in [0.1, 0.15) is 25.7 Å². The number of carbonyl (C=O) groups is 1. The van der Waals surface area contributed by atoms with E-state index in [-0.39, 0.29) is 0 Å². The fourth-order valence-electron chi connectivity index (χ4n) is 3.24. The van der Waals surface area contributed by atoms with Gasteiger partial charge in [-0.05, 0) is 12.8 Å². The Balaban J connectivity index is 1.60. The maximum Gasteiger partial charge on any atom is 0.136 e. The molecule has 3 aliphatic heterocycles. The van der Waals surface area contributed by atoms with Gasteiger partial charge in [-0.25, -0.2) is 0 Å². The standard InChI is InChI=1S/C12H19NOS2/c14-11-5-9-1-2-10(6-11)13(9)7-12-8-15-3-4-16-12/h9-10,12H,1-8H2. The third-order valence-electron chi connectivity index (χ3n) is 4.00. The first kappa shape index (κ1) is 11.4. The number of thioether (sulfide) groups is 2. The minimum Gasteiger partial charge on any atom is -0.300 e. The summed E-state index contributed by atoms with van der Waals surface area (Å²) >= 11 is 4.24. The van der Waals surface area contributed by atoms with Gasteiger partial charge in [-0.1, -0.05) is 0 Å². The summed E-state index contributed by atoms with van der Waals surface area (Å²) in [6.45, 7) is 1.24. The van der Waals surface area contributed by atoms with E-state index in [2.05, 4.69) is 28.4 Å². The Labute approximate surface area is 106 Å². The van der Waals surface area contributed by atoms with Gasteiger partial charge in [-0.3, -0.25) is 9.69 Å². The maximum absolute atomic E-state index is 11.5. The monoisotopic (exact) mass is 257 g/mol. The summed E-state index contributed by atoms with van der Waals surface area (Å²) in [4.78, 5) is 14.2. The fourth-order valence-corrected chi connectivity index (χ4v) is 5.91. The van der Waals surface area contributed by atoms with E-state index in [0.29, 0.717) is 17.9 Å². The third kappa shape index (κ3) is 2.29. The van der Waals surface area contributed by atoms with Crippen molar-refractivity contribution in [1.82, 2.24) is 4.90 Å². The molecule has 4 heteroatoms. The predicted octanol–water partition coefficient (Wildman–Crippen LogP) is 2.03. The van der Waals surface area contributed by atoms with Crippen LogP contribution in [0.4, 0.5) is 0 Å². The molecular formula is C12H19NOS2. The summed E-state index contributed by atoms with van der Waals surface area (Å²) in [7, 11) is 0. The Bertz CT molecular complexity index is 262. The van der Waals surface area contributed by atoms with Crippen molar-refractivity contribution >= 4 is 29.3 Å². The van der Waals surface area contributed by atoms with Gasteiger partial charge >= 0.3 is 0 Å². The van der Waals surface area contributed by atoms with Gasteiger partial charge in [0.1, 0.15) is 5.78 Å². The molecule has 3 heterocycles. The van der Waals surface area contributed by atoms with Crippen LogP contribution in [0.15, 0.2) is 0 Å². The van der Waals surface area contributed by atoms with Gasteiger partial charge in [0, 0.05) is 54.0 Å². The van der Waals surface area contributed by atoms with Gasteiger partial charge in [0.05, 0.1) is 0 Å². The van der Waals surface area contributed by atoms with Crippen molar-refractivity contribution < 1.29 is 4.79 Å². The van der Waals surface area contributed by atoms with E-state index in [0.717, 1.165) is 18.1 Å². The minimum atomic E-state index is 0.509. The van der Waals surface area contributed by atoms with Crippen molar-refractivity contribution in [2.75, 3.05) is 23.8 Å². The van der Waals surface area contributed by atoms with Gasteiger partial charge in [0.15, 0.2) is 0 Å². The molecule has 0 N–H and O–H groups in total. The van der Waals surface area contributed by atoms with E-state index in [1.54, 1.807) is 0 Å². The van der Waals surface area contributed by atoms with E-state index in [1.807, 2.05) is 0 Å². The lowest BCUT2D eigenvalue weighted by molar-refractivity contribution is -0.123. The summed E-state index contributed by atoms with van der Waals surface area (Å²) < 4.78 is 0. The van der Waals surface area contributed by atoms with Crippen LogP contribution in [0.5, 0.6) is 0 Å². The van der Waals surface area contributed by atoms with Gasteiger partial charge in [-0.2, -0.15) is 23.5 Å². The molecule has 2 bridgehead atoms. The molecule has 0 saturated carbocycles. The Morgan fingerprint density at radius 3 is 2.56 bits per heavy atom. The molecular weight excluding hydrogens is 238 g/mol. The van der Waals surface area contributed by atoms with Crippen molar-refractivity contribution in [3.05, 3.63) is 0 Å². The van der Waals surface area contributed by atoms with Crippen molar-refractivity contribution in [3.8, 4) is 0 Å². The second-order valence-electron chi connectivity index (χ2n) is 5.10. The number of carbonyl (C=O) groups excluding carboxylic acids is 1. The van der Waals surface area contributed by atoms with Crippen LogP contribution >= 0.6 is 23.5 Å². The van der Waals surface area contributed by atoms with Crippen LogP contribution in [0.3, 0.4) is 0 Å². The van der Waals surface area contributed by atoms with E-state index in [9.17, 15) is 4.79 Å². The topological polar surface area (TPSA) is 20.3 Å². The van der Waals surface area contributed by atoms with Gasteiger partial charge in [0.25, 0.3) is 0 Å². The maximum atomic E-state index is 11.5. The average Bonchev–Trinajstić information content (AvgIpc) is 2.54. The van der Waals surface area contributed by atoms with Crippen LogP contribution < -0.4 is 0 Å². The first-order chi connectivity index (χ1) is 7.83. The Morgan fingerprint density at radius 2 is 1.94 bits per heavy atom. The predicted molar refractivity (Wildman–Crippen MR) is 71.3 cm³/mol. The second kappa shape index (κ2) is 4.91. The third-order valence-corrected chi connectivity index (χ3v) is 6.82. The highest BCUT2D eigenvalue weighted by atomic mass is 32.2. The van der Waals surface area contributed by atoms with Gasteiger partial charge in [-0.15, -0.1) is 0 Å². The number of piperidine rings is 1. The van der Waals surface area contributed by atoms with Crippen molar-refractivity contribution in [1.29, 1.82) is 0 Å². The summed E-state index contributed by atoms with van der Waals surface area (Å²) in [5.41, 5.74) is 0. The summed E-state index contributed by atoms with van der Waals surface area (Å²) in [6.07, 6.45) is 4.20. The molecule has 0 aromatic carbocycles. The zero-order valence-corrected chi connectivity index (χ0v) is 11.2. The molecule has 0 radical (unpaired) electrons. The molecule has 3 rings (SSSR count). The summed E-state index contributed by atoms with van der Waals surface area (Å²) in [5, 5.41) is 0.815. The lowest BCUT2D eigenvalue weighted by atomic mass is 10.0. The first-order valence-electron chi connectivity index (χ1n) is 6.30. The fraction of sp³-hybridized carbons (Fsp3) is 0.917. The highest BCUT2D eigenvalue weighted by Gasteiger charge is 2.40. The zero-order chi connectivity index (χ0) is 11.0. The molecule has 2 nitrogen and oxygen atoms in total. The summed E-state index contributed by atoms with van der Waals surface area (Å²) in [5.74, 6) is 4.47. The lowest BCUT2D eigenvalue weighted by Gasteiger charge is -2.37. The molecule has 90 valence electrons. The number of fused-ring (bicyclic) bond motifs is 2. The van der Waals surface area contributed by atoms with Crippen LogP contribution in [-0.4, -0.2) is 51.8 Å². The largest absolute Gasteiger partial charge is 0.300 e. The van der Waals surface area contributed by atoms with Gasteiger partial charge in [0.2, 0.25) is 0 Å². The highest BCUT2D eigenvalue weighted by Crippen LogP contribution is 2.36. The van der Waals surface area contributed by atoms with E-state index >= 15 is 0 Å². The number of ketones is 1. The van der Waals surface area contributed by atoms with Crippen LogP contribution in [0.2, 0.25) is 0 Å². The molecule has 16 heavy (non-hydrogen) atoms. The van der Waals surface area contributed by atoms with Crippen LogP contribution in [0, 0.1) is 0 Å².